The molecule has 0 heterocycles. The molecule has 0 saturated heterocycles. The van der Waals surface area contributed by atoms with Gasteiger partial charge in [0.1, 0.15) is 0 Å². The van der Waals surface area contributed by atoms with Crippen LogP contribution in [0.1, 0.15) is 41.4 Å². The van der Waals surface area contributed by atoms with Gasteiger partial charge in [0.2, 0.25) is 0 Å². The van der Waals surface area contributed by atoms with Crippen LogP contribution in [-0.4, -0.2) is 12.6 Å². The van der Waals surface area contributed by atoms with E-state index in [0.29, 0.717) is 12.2 Å². The van der Waals surface area contributed by atoms with Gasteiger partial charge in [0.15, 0.2) is 0 Å². The van der Waals surface area contributed by atoms with Crippen molar-refractivity contribution in [2.45, 2.75) is 26.4 Å². The van der Waals surface area contributed by atoms with Gasteiger partial charge in [0, 0.05) is 17.1 Å². The molecule has 0 fully saturated rings. The quantitative estimate of drug-likeness (QED) is 0.771. The lowest BCUT2D eigenvalue weighted by atomic mass is 10.1. The molecule has 2 aromatic carbocycles. The average molecular weight is 362 g/mol. The van der Waals surface area contributed by atoms with Gasteiger partial charge in [-0.25, -0.2) is 4.79 Å². The van der Waals surface area contributed by atoms with Crippen LogP contribution in [0.15, 0.2) is 53.0 Å². The number of nitrogens with one attached hydrogen (secondary N) is 1. The van der Waals surface area contributed by atoms with E-state index in [-0.39, 0.29) is 12.0 Å². The minimum absolute atomic E-state index is 0.236. The minimum Gasteiger partial charge on any atom is -0.462 e. The Morgan fingerprint density at radius 3 is 2.50 bits per heavy atom. The lowest BCUT2D eigenvalue weighted by Crippen LogP contribution is -2.18. The summed E-state index contributed by atoms with van der Waals surface area (Å²) in [5.41, 5.74) is 2.95. The molecule has 0 bridgehead atoms. The maximum Gasteiger partial charge on any atom is 0.338 e. The lowest BCUT2D eigenvalue weighted by Gasteiger charge is -2.16. The molecule has 3 nitrogen and oxygen atoms in total. The van der Waals surface area contributed by atoms with Gasteiger partial charge in [-0.15, -0.1) is 0 Å². The van der Waals surface area contributed by atoms with Crippen molar-refractivity contribution in [2.75, 3.05) is 6.61 Å². The first-order chi connectivity index (χ1) is 10.6. The topological polar surface area (TPSA) is 38.3 Å². The van der Waals surface area contributed by atoms with Crippen molar-refractivity contribution in [3.8, 4) is 0 Å². The Hall–Kier alpha value is -1.65. The van der Waals surface area contributed by atoms with E-state index in [2.05, 4.69) is 34.2 Å². The molecular weight excluding hydrogens is 342 g/mol. The summed E-state index contributed by atoms with van der Waals surface area (Å²) < 4.78 is 6.08. The number of carbonyl (C=O) groups excluding carboxylic acids is 1. The van der Waals surface area contributed by atoms with Crippen molar-refractivity contribution in [3.63, 3.8) is 0 Å². The number of esters is 1. The largest absolute Gasteiger partial charge is 0.462 e. The molecule has 0 radical (unpaired) electrons. The third kappa shape index (κ3) is 4.42. The molecule has 0 aliphatic rings. The second kappa shape index (κ2) is 8.11. The van der Waals surface area contributed by atoms with Crippen LogP contribution in [-0.2, 0) is 11.3 Å². The Bertz CT molecular complexity index is 625. The highest BCUT2D eigenvalue weighted by atomic mass is 79.9. The van der Waals surface area contributed by atoms with E-state index in [1.54, 1.807) is 19.1 Å². The Labute approximate surface area is 139 Å². The number of halogens is 1. The summed E-state index contributed by atoms with van der Waals surface area (Å²) in [5, 5.41) is 3.48. The molecule has 0 aliphatic heterocycles. The van der Waals surface area contributed by atoms with Crippen molar-refractivity contribution < 1.29 is 9.53 Å². The van der Waals surface area contributed by atoms with E-state index >= 15 is 0 Å². The maximum atomic E-state index is 11.6. The van der Waals surface area contributed by atoms with Crippen LogP contribution in [0.2, 0.25) is 0 Å². The number of hydrogen-bond acceptors (Lipinski definition) is 3. The number of carbonyl (C=O) groups is 1. The zero-order valence-corrected chi connectivity index (χ0v) is 14.4. The number of hydrogen-bond donors (Lipinski definition) is 1. The summed E-state index contributed by atoms with van der Waals surface area (Å²) in [4.78, 5) is 11.6. The van der Waals surface area contributed by atoms with Crippen molar-refractivity contribution in [3.05, 3.63) is 69.7 Å². The van der Waals surface area contributed by atoms with E-state index in [1.807, 2.05) is 30.3 Å². The summed E-state index contributed by atoms with van der Waals surface area (Å²) in [6, 6.07) is 15.9. The molecule has 0 aliphatic carbocycles. The van der Waals surface area contributed by atoms with Crippen molar-refractivity contribution in [1.82, 2.24) is 5.32 Å². The zero-order valence-electron chi connectivity index (χ0n) is 12.8. The first kappa shape index (κ1) is 16.7. The lowest BCUT2D eigenvalue weighted by molar-refractivity contribution is 0.0526. The van der Waals surface area contributed by atoms with Crippen LogP contribution in [0.25, 0.3) is 0 Å². The third-order valence-corrected chi connectivity index (χ3v) is 4.17. The number of benzene rings is 2. The zero-order chi connectivity index (χ0) is 15.9. The van der Waals surface area contributed by atoms with Crippen LogP contribution in [0.3, 0.4) is 0 Å². The van der Waals surface area contributed by atoms with E-state index in [1.165, 1.54) is 5.56 Å². The van der Waals surface area contributed by atoms with Crippen LogP contribution >= 0.6 is 15.9 Å². The molecule has 1 atom stereocenters. The predicted octanol–water partition coefficient (Wildman–Crippen LogP) is 4.48. The maximum absolute atomic E-state index is 11.6. The highest BCUT2D eigenvalue weighted by Gasteiger charge is 2.09. The van der Waals surface area contributed by atoms with Crippen LogP contribution in [0.4, 0.5) is 0 Å². The number of rotatable bonds is 6. The van der Waals surface area contributed by atoms with Crippen molar-refractivity contribution >= 4 is 21.9 Å². The highest BCUT2D eigenvalue weighted by molar-refractivity contribution is 9.10. The monoisotopic (exact) mass is 361 g/mol. The Balaban J connectivity index is 1.94. The van der Waals surface area contributed by atoms with Gasteiger partial charge < -0.3 is 10.1 Å². The van der Waals surface area contributed by atoms with Crippen LogP contribution < -0.4 is 5.32 Å². The average Bonchev–Trinajstić information content (AvgIpc) is 2.54. The molecule has 0 spiro atoms. The van der Waals surface area contributed by atoms with Gasteiger partial charge in [0.25, 0.3) is 0 Å². The third-order valence-electron chi connectivity index (χ3n) is 3.45. The van der Waals surface area contributed by atoms with Crippen molar-refractivity contribution in [2.24, 2.45) is 0 Å². The Morgan fingerprint density at radius 2 is 1.86 bits per heavy atom. The van der Waals surface area contributed by atoms with Crippen LogP contribution in [0.5, 0.6) is 0 Å². The molecule has 0 aromatic heterocycles. The SMILES string of the molecule is CCOC(=O)c1ccc(CNC(C)c2ccccc2Br)cc1. The molecule has 22 heavy (non-hydrogen) atoms. The highest BCUT2D eigenvalue weighted by Crippen LogP contribution is 2.23. The molecule has 0 amide bonds. The molecule has 2 aromatic rings. The van der Waals surface area contributed by atoms with Crippen LogP contribution in [0, 0.1) is 0 Å². The second-order valence-corrected chi connectivity index (χ2v) is 5.90. The second-order valence-electron chi connectivity index (χ2n) is 5.04. The summed E-state index contributed by atoms with van der Waals surface area (Å²) in [7, 11) is 0. The Kier molecular flexibility index (Phi) is 6.16. The molecular formula is C18H20BrNO2. The molecule has 4 heteroatoms. The molecule has 1 N–H and O–H groups in total. The first-order valence-corrected chi connectivity index (χ1v) is 8.15. The summed E-state index contributed by atoms with van der Waals surface area (Å²) >= 11 is 3.57. The molecule has 1 unspecified atom stereocenters. The summed E-state index contributed by atoms with van der Waals surface area (Å²) in [5.74, 6) is -0.274. The van der Waals surface area contributed by atoms with Gasteiger partial charge in [-0.05, 0) is 43.2 Å². The van der Waals surface area contributed by atoms with Gasteiger partial charge in [0.05, 0.1) is 12.2 Å². The van der Waals surface area contributed by atoms with Gasteiger partial charge >= 0.3 is 5.97 Å². The molecule has 2 rings (SSSR count). The minimum atomic E-state index is -0.274. The fraction of sp³-hybridized carbons (Fsp3) is 0.278. The van der Waals surface area contributed by atoms with E-state index in [9.17, 15) is 4.79 Å². The van der Waals surface area contributed by atoms with Gasteiger partial charge in [-0.3, -0.25) is 0 Å². The van der Waals surface area contributed by atoms with Gasteiger partial charge in [-0.1, -0.05) is 46.3 Å². The van der Waals surface area contributed by atoms with E-state index in [0.717, 1.165) is 16.6 Å². The van der Waals surface area contributed by atoms with E-state index < -0.39 is 0 Å². The Morgan fingerprint density at radius 1 is 1.18 bits per heavy atom. The fourth-order valence-electron chi connectivity index (χ4n) is 2.18. The molecule has 116 valence electrons. The van der Waals surface area contributed by atoms with Crippen molar-refractivity contribution in [1.29, 1.82) is 0 Å². The smallest absolute Gasteiger partial charge is 0.338 e. The summed E-state index contributed by atoms with van der Waals surface area (Å²) in [6.45, 7) is 5.07. The van der Waals surface area contributed by atoms with Gasteiger partial charge in [-0.2, -0.15) is 0 Å². The first-order valence-electron chi connectivity index (χ1n) is 7.35. The molecule has 0 saturated carbocycles. The van der Waals surface area contributed by atoms with E-state index in [4.69, 9.17) is 4.74 Å². The predicted molar refractivity (Wildman–Crippen MR) is 91.8 cm³/mol. The fourth-order valence-corrected chi connectivity index (χ4v) is 2.81. The normalized spacial score (nSPS) is 12.0. The summed E-state index contributed by atoms with van der Waals surface area (Å²) in [6.07, 6.45) is 0. The number of ether oxygens (including phenoxy) is 1. The standard InChI is InChI=1S/C18H20BrNO2/c1-3-22-18(21)15-10-8-14(9-11-15)12-20-13(2)16-6-4-5-7-17(16)19/h4-11,13,20H,3,12H2,1-2H3.